The Balaban J connectivity index is 1.63. The molecule has 0 radical (unpaired) electrons. The summed E-state index contributed by atoms with van der Waals surface area (Å²) in [6, 6.07) is 19.5. The number of anilines is 1. The molecule has 0 aromatic heterocycles. The van der Waals surface area contributed by atoms with Gasteiger partial charge in [-0.05, 0) is 30.5 Å². The third-order valence-corrected chi connectivity index (χ3v) is 4.40. The van der Waals surface area contributed by atoms with Gasteiger partial charge in [0.2, 0.25) is 0 Å². The Kier molecular flexibility index (Phi) is 6.89. The molecular formula is C22H19N3O6. The smallest absolute Gasteiger partial charge is 0.277 e. The van der Waals surface area contributed by atoms with Crippen LogP contribution in [-0.2, 0) is 6.42 Å². The van der Waals surface area contributed by atoms with Crippen molar-refractivity contribution in [3.63, 3.8) is 0 Å². The first kappa shape index (κ1) is 21.4. The van der Waals surface area contributed by atoms with Gasteiger partial charge in [-0.3, -0.25) is 25.0 Å². The molecular weight excluding hydrogens is 402 g/mol. The lowest BCUT2D eigenvalue weighted by Gasteiger charge is -2.09. The Morgan fingerprint density at radius 1 is 0.871 bits per heavy atom. The first-order valence-electron chi connectivity index (χ1n) is 9.44. The van der Waals surface area contributed by atoms with Crippen LogP contribution in [0.1, 0.15) is 22.3 Å². The van der Waals surface area contributed by atoms with Gasteiger partial charge in [0.15, 0.2) is 0 Å². The van der Waals surface area contributed by atoms with Crippen LogP contribution in [0.25, 0.3) is 0 Å². The lowest BCUT2D eigenvalue weighted by atomic mass is 10.1. The summed E-state index contributed by atoms with van der Waals surface area (Å²) in [6.45, 7) is 0.489. The van der Waals surface area contributed by atoms with Gasteiger partial charge in [0.1, 0.15) is 5.75 Å². The van der Waals surface area contributed by atoms with Crippen LogP contribution in [0.3, 0.4) is 0 Å². The largest absolute Gasteiger partial charge is 0.494 e. The molecule has 0 bridgehead atoms. The minimum absolute atomic E-state index is 0.185. The standard InChI is InChI=1S/C22H19N3O6/c26-22(17-12-19(24(27)28)15-20(13-17)25(29)30)23-18-9-4-10-21(14-18)31-11-5-8-16-6-2-1-3-7-16/h1-4,6-7,9-10,12-15H,5,8,11H2,(H,23,26). The molecule has 3 aromatic carbocycles. The topological polar surface area (TPSA) is 125 Å². The first-order chi connectivity index (χ1) is 14.9. The van der Waals surface area contributed by atoms with Gasteiger partial charge in [0, 0.05) is 23.9 Å². The summed E-state index contributed by atoms with van der Waals surface area (Å²) < 4.78 is 5.73. The predicted molar refractivity (Wildman–Crippen MR) is 114 cm³/mol. The zero-order chi connectivity index (χ0) is 22.2. The molecule has 0 spiro atoms. The summed E-state index contributed by atoms with van der Waals surface area (Å²) in [5.74, 6) is -0.149. The third-order valence-electron chi connectivity index (χ3n) is 4.40. The van der Waals surface area contributed by atoms with Crippen molar-refractivity contribution in [1.82, 2.24) is 0 Å². The number of rotatable bonds is 9. The Bertz CT molecular complexity index is 1070. The highest BCUT2D eigenvalue weighted by atomic mass is 16.6. The van der Waals surface area contributed by atoms with Crippen molar-refractivity contribution in [1.29, 1.82) is 0 Å². The maximum Gasteiger partial charge on any atom is 0.277 e. The van der Waals surface area contributed by atoms with Crippen molar-refractivity contribution in [2.24, 2.45) is 0 Å². The van der Waals surface area contributed by atoms with Gasteiger partial charge in [0.25, 0.3) is 17.3 Å². The SMILES string of the molecule is O=C(Nc1cccc(OCCCc2ccccc2)c1)c1cc([N+](=O)[O-])cc([N+](=O)[O-])c1. The molecule has 0 atom stereocenters. The number of ether oxygens (including phenoxy) is 1. The fraction of sp³-hybridized carbons (Fsp3) is 0.136. The van der Waals surface area contributed by atoms with E-state index in [2.05, 4.69) is 17.4 Å². The maximum atomic E-state index is 12.5. The second-order valence-electron chi connectivity index (χ2n) is 6.67. The van der Waals surface area contributed by atoms with E-state index in [1.807, 2.05) is 18.2 Å². The number of amides is 1. The maximum absolute atomic E-state index is 12.5. The van der Waals surface area contributed by atoms with E-state index in [1.54, 1.807) is 24.3 Å². The molecule has 158 valence electrons. The van der Waals surface area contributed by atoms with Gasteiger partial charge in [-0.25, -0.2) is 0 Å². The number of carbonyl (C=O) groups is 1. The number of non-ortho nitro benzene ring substituents is 2. The zero-order valence-corrected chi connectivity index (χ0v) is 16.4. The van der Waals surface area contributed by atoms with E-state index in [9.17, 15) is 25.0 Å². The van der Waals surface area contributed by atoms with Crippen molar-refractivity contribution < 1.29 is 19.4 Å². The number of aryl methyl sites for hydroxylation is 1. The number of nitrogens with zero attached hydrogens (tertiary/aromatic N) is 2. The lowest BCUT2D eigenvalue weighted by molar-refractivity contribution is -0.394. The molecule has 0 unspecified atom stereocenters. The summed E-state index contributed by atoms with van der Waals surface area (Å²) in [5.41, 5.74) is 0.373. The molecule has 0 fully saturated rings. The monoisotopic (exact) mass is 421 g/mol. The van der Waals surface area contributed by atoms with Crippen molar-refractivity contribution in [2.75, 3.05) is 11.9 Å². The summed E-state index contributed by atoms with van der Waals surface area (Å²) in [5, 5.41) is 24.6. The van der Waals surface area contributed by atoms with Gasteiger partial charge < -0.3 is 10.1 Å². The molecule has 31 heavy (non-hydrogen) atoms. The molecule has 9 nitrogen and oxygen atoms in total. The normalized spacial score (nSPS) is 10.3. The highest BCUT2D eigenvalue weighted by Crippen LogP contribution is 2.24. The average molecular weight is 421 g/mol. The fourth-order valence-electron chi connectivity index (χ4n) is 2.91. The number of hydrogen-bond donors (Lipinski definition) is 1. The van der Waals surface area contributed by atoms with Crippen LogP contribution in [0, 0.1) is 20.2 Å². The number of nitro groups is 2. The van der Waals surface area contributed by atoms with Gasteiger partial charge in [-0.15, -0.1) is 0 Å². The van der Waals surface area contributed by atoms with E-state index in [4.69, 9.17) is 4.74 Å². The third kappa shape index (κ3) is 6.10. The van der Waals surface area contributed by atoms with E-state index in [1.165, 1.54) is 5.56 Å². The Morgan fingerprint density at radius 2 is 1.55 bits per heavy atom. The van der Waals surface area contributed by atoms with Crippen molar-refractivity contribution >= 4 is 23.0 Å². The number of benzene rings is 3. The second-order valence-corrected chi connectivity index (χ2v) is 6.67. The van der Waals surface area contributed by atoms with E-state index in [-0.39, 0.29) is 5.56 Å². The quantitative estimate of drug-likeness (QED) is 0.301. The van der Waals surface area contributed by atoms with Gasteiger partial charge in [-0.1, -0.05) is 36.4 Å². The van der Waals surface area contributed by atoms with Crippen LogP contribution in [0.15, 0.2) is 72.8 Å². The minimum atomic E-state index is -0.784. The van der Waals surface area contributed by atoms with Crippen molar-refractivity contribution in [3.05, 3.63) is 104 Å². The minimum Gasteiger partial charge on any atom is -0.494 e. The van der Waals surface area contributed by atoms with Gasteiger partial charge in [-0.2, -0.15) is 0 Å². The number of hydrogen-bond acceptors (Lipinski definition) is 6. The van der Waals surface area contributed by atoms with Crippen LogP contribution in [0.4, 0.5) is 17.1 Å². The molecule has 0 heterocycles. The Morgan fingerprint density at radius 3 is 2.19 bits per heavy atom. The summed E-state index contributed by atoms with van der Waals surface area (Å²) in [7, 11) is 0. The molecule has 9 heteroatoms. The zero-order valence-electron chi connectivity index (χ0n) is 16.4. The summed E-state index contributed by atoms with van der Waals surface area (Å²) >= 11 is 0. The lowest BCUT2D eigenvalue weighted by Crippen LogP contribution is -2.12. The second kappa shape index (κ2) is 9.97. The van der Waals surface area contributed by atoms with Gasteiger partial charge >= 0.3 is 0 Å². The Labute approximate surface area is 177 Å². The highest BCUT2D eigenvalue weighted by molar-refractivity contribution is 6.05. The molecule has 3 aromatic rings. The van der Waals surface area contributed by atoms with Crippen LogP contribution in [0.2, 0.25) is 0 Å². The van der Waals surface area contributed by atoms with Crippen molar-refractivity contribution in [2.45, 2.75) is 12.8 Å². The number of nitro benzene ring substituents is 2. The van der Waals surface area contributed by atoms with E-state index in [0.29, 0.717) is 18.0 Å². The van der Waals surface area contributed by atoms with E-state index < -0.39 is 27.1 Å². The molecule has 0 aliphatic rings. The van der Waals surface area contributed by atoms with Crippen molar-refractivity contribution in [3.8, 4) is 5.75 Å². The molecule has 0 aliphatic heterocycles. The number of carbonyl (C=O) groups excluding carboxylic acids is 1. The van der Waals surface area contributed by atoms with Crippen LogP contribution < -0.4 is 10.1 Å². The molecule has 0 saturated heterocycles. The van der Waals surface area contributed by atoms with Crippen LogP contribution in [0.5, 0.6) is 5.75 Å². The predicted octanol–water partition coefficient (Wildman–Crippen LogP) is 4.77. The molecule has 0 aliphatic carbocycles. The Hall–Kier alpha value is -4.27. The van der Waals surface area contributed by atoms with Gasteiger partial charge in [0.05, 0.1) is 28.1 Å². The van der Waals surface area contributed by atoms with Crippen LogP contribution in [-0.4, -0.2) is 22.4 Å². The molecule has 0 saturated carbocycles. The molecule has 3 rings (SSSR count). The van der Waals surface area contributed by atoms with Crippen LogP contribution >= 0.6 is 0 Å². The molecule has 1 amide bonds. The highest BCUT2D eigenvalue weighted by Gasteiger charge is 2.20. The molecule has 1 N–H and O–H groups in total. The fourth-order valence-corrected chi connectivity index (χ4v) is 2.91. The first-order valence-corrected chi connectivity index (χ1v) is 9.44. The summed E-state index contributed by atoms with van der Waals surface area (Å²) in [6.07, 6.45) is 1.70. The summed E-state index contributed by atoms with van der Waals surface area (Å²) in [4.78, 5) is 32.9. The van der Waals surface area contributed by atoms with E-state index >= 15 is 0 Å². The number of nitrogens with one attached hydrogen (secondary N) is 1. The van der Waals surface area contributed by atoms with E-state index in [0.717, 1.165) is 31.0 Å². The average Bonchev–Trinajstić information content (AvgIpc) is 2.77.